The first kappa shape index (κ1) is 9.97. The van der Waals surface area contributed by atoms with Crippen LogP contribution in [0.2, 0.25) is 0 Å². The van der Waals surface area contributed by atoms with E-state index in [1.807, 2.05) is 0 Å². The Labute approximate surface area is 81.0 Å². The maximum absolute atomic E-state index is 10.7. The molecule has 74 valence electrons. The molecule has 14 heavy (non-hydrogen) atoms. The molecule has 0 fully saturated rings. The van der Waals surface area contributed by atoms with Gasteiger partial charge in [-0.1, -0.05) is 6.08 Å². The van der Waals surface area contributed by atoms with E-state index >= 15 is 0 Å². The maximum atomic E-state index is 10.7. The molecule has 1 heterocycles. The third kappa shape index (κ3) is 1.98. The summed E-state index contributed by atoms with van der Waals surface area (Å²) in [6.45, 7) is 3.99. The average molecular weight is 193 g/mol. The number of hydrogen-bond acceptors (Lipinski definition) is 6. The summed E-state index contributed by atoms with van der Waals surface area (Å²) in [5.41, 5.74) is 11.1. The summed E-state index contributed by atoms with van der Waals surface area (Å²) in [5.74, 6) is 0.420. The predicted molar refractivity (Wildman–Crippen MR) is 54.9 cm³/mol. The molecule has 0 saturated heterocycles. The molecule has 0 unspecified atom stereocenters. The summed E-state index contributed by atoms with van der Waals surface area (Å²) in [7, 11) is 0. The van der Waals surface area contributed by atoms with Gasteiger partial charge in [0.2, 0.25) is 5.95 Å². The topological polar surface area (TPSA) is 107 Å². The highest BCUT2D eigenvalue weighted by Gasteiger charge is 2.09. The Morgan fingerprint density at radius 1 is 1.43 bits per heavy atom. The van der Waals surface area contributed by atoms with E-state index in [-0.39, 0.29) is 17.3 Å². The van der Waals surface area contributed by atoms with Crippen LogP contribution in [0.15, 0.2) is 12.7 Å². The zero-order valence-electron chi connectivity index (χ0n) is 7.53. The van der Waals surface area contributed by atoms with Gasteiger partial charge >= 0.3 is 0 Å². The van der Waals surface area contributed by atoms with Crippen LogP contribution in [-0.4, -0.2) is 22.8 Å². The summed E-state index contributed by atoms with van der Waals surface area (Å²) in [5, 5.41) is 2.84. The largest absolute Gasteiger partial charge is 0.383 e. The molecule has 0 bridgehead atoms. The van der Waals surface area contributed by atoms with Crippen molar-refractivity contribution in [3.8, 4) is 0 Å². The lowest BCUT2D eigenvalue weighted by atomic mass is 10.3. The molecule has 0 saturated carbocycles. The summed E-state index contributed by atoms with van der Waals surface area (Å²) in [6.07, 6.45) is 2.21. The summed E-state index contributed by atoms with van der Waals surface area (Å²) >= 11 is 0. The molecule has 1 rings (SSSR count). The van der Waals surface area contributed by atoms with E-state index in [9.17, 15) is 4.79 Å². The first-order chi connectivity index (χ1) is 6.69. The van der Waals surface area contributed by atoms with Gasteiger partial charge in [-0.2, -0.15) is 9.97 Å². The van der Waals surface area contributed by atoms with E-state index in [1.165, 1.54) is 0 Å². The van der Waals surface area contributed by atoms with Crippen LogP contribution in [0.25, 0.3) is 0 Å². The van der Waals surface area contributed by atoms with E-state index < -0.39 is 0 Å². The fourth-order valence-corrected chi connectivity index (χ4v) is 0.925. The second kappa shape index (κ2) is 4.22. The van der Waals surface area contributed by atoms with Crippen molar-refractivity contribution in [1.29, 1.82) is 0 Å². The number of carbonyl (C=O) groups excluding carboxylic acids is 1. The summed E-state index contributed by atoms with van der Waals surface area (Å²) < 4.78 is 0. The standard InChI is InChI=1S/C8H11N5O/c1-2-3-11-7-5(4-14)6(9)12-8(10)13-7/h2,4H,1,3H2,(H5,9,10,11,12,13). The SMILES string of the molecule is C=CCNc1nc(N)nc(N)c1C=O. The Morgan fingerprint density at radius 3 is 2.71 bits per heavy atom. The van der Waals surface area contributed by atoms with E-state index in [0.29, 0.717) is 18.6 Å². The lowest BCUT2D eigenvalue weighted by Gasteiger charge is -2.07. The molecule has 1 aromatic rings. The van der Waals surface area contributed by atoms with Crippen LogP contribution < -0.4 is 16.8 Å². The van der Waals surface area contributed by atoms with Crippen LogP contribution in [0.4, 0.5) is 17.6 Å². The number of nitrogens with zero attached hydrogens (tertiary/aromatic N) is 2. The molecule has 0 aliphatic heterocycles. The Balaban J connectivity index is 3.10. The van der Waals surface area contributed by atoms with Crippen molar-refractivity contribution in [1.82, 2.24) is 9.97 Å². The minimum Gasteiger partial charge on any atom is -0.383 e. The molecular weight excluding hydrogens is 182 g/mol. The Bertz CT molecular complexity index is 363. The summed E-state index contributed by atoms with van der Waals surface area (Å²) in [4.78, 5) is 18.2. The molecule has 5 N–H and O–H groups in total. The Hall–Kier alpha value is -2.11. The molecule has 0 aliphatic carbocycles. The monoisotopic (exact) mass is 193 g/mol. The molecule has 0 spiro atoms. The van der Waals surface area contributed by atoms with Crippen LogP contribution in [0, 0.1) is 0 Å². The van der Waals surface area contributed by atoms with Crippen LogP contribution in [0.5, 0.6) is 0 Å². The number of hydrogen-bond donors (Lipinski definition) is 3. The van der Waals surface area contributed by atoms with Crippen molar-refractivity contribution < 1.29 is 4.79 Å². The second-order valence-corrected chi connectivity index (χ2v) is 2.52. The fraction of sp³-hybridized carbons (Fsp3) is 0.125. The van der Waals surface area contributed by atoms with E-state index in [0.717, 1.165) is 0 Å². The van der Waals surface area contributed by atoms with E-state index in [4.69, 9.17) is 11.5 Å². The van der Waals surface area contributed by atoms with Crippen molar-refractivity contribution in [3.05, 3.63) is 18.2 Å². The van der Waals surface area contributed by atoms with Crippen molar-refractivity contribution in [2.45, 2.75) is 0 Å². The number of anilines is 3. The van der Waals surface area contributed by atoms with Gasteiger partial charge in [-0.15, -0.1) is 6.58 Å². The van der Waals surface area contributed by atoms with E-state index in [2.05, 4.69) is 21.9 Å². The normalized spacial score (nSPS) is 9.43. The molecule has 0 atom stereocenters. The minimum atomic E-state index is 0.0275. The quantitative estimate of drug-likeness (QED) is 0.460. The Kier molecular flexibility index (Phi) is 3.01. The highest BCUT2D eigenvalue weighted by molar-refractivity contribution is 5.89. The van der Waals surface area contributed by atoms with Gasteiger partial charge < -0.3 is 16.8 Å². The molecule has 1 aromatic heterocycles. The van der Waals surface area contributed by atoms with Crippen LogP contribution >= 0.6 is 0 Å². The minimum absolute atomic E-state index is 0.0275. The van der Waals surface area contributed by atoms with Gasteiger partial charge in [-0.25, -0.2) is 0 Å². The fourth-order valence-electron chi connectivity index (χ4n) is 0.925. The maximum Gasteiger partial charge on any atom is 0.223 e. The van der Waals surface area contributed by atoms with Crippen molar-refractivity contribution in [3.63, 3.8) is 0 Å². The number of nitrogen functional groups attached to an aromatic ring is 2. The zero-order valence-corrected chi connectivity index (χ0v) is 7.53. The van der Waals surface area contributed by atoms with Gasteiger partial charge in [0.15, 0.2) is 6.29 Å². The van der Waals surface area contributed by atoms with Crippen molar-refractivity contribution >= 4 is 23.9 Å². The second-order valence-electron chi connectivity index (χ2n) is 2.52. The number of nitrogens with one attached hydrogen (secondary N) is 1. The molecule has 6 nitrogen and oxygen atoms in total. The number of carbonyl (C=O) groups is 1. The number of aromatic nitrogens is 2. The highest BCUT2D eigenvalue weighted by atomic mass is 16.1. The van der Waals surface area contributed by atoms with Crippen molar-refractivity contribution in [2.24, 2.45) is 0 Å². The average Bonchev–Trinajstić information content (AvgIpc) is 2.14. The molecule has 6 heteroatoms. The molecule has 0 amide bonds. The Morgan fingerprint density at radius 2 is 2.14 bits per heavy atom. The zero-order chi connectivity index (χ0) is 10.6. The van der Waals surface area contributed by atoms with Crippen molar-refractivity contribution in [2.75, 3.05) is 23.3 Å². The first-order valence-electron chi connectivity index (χ1n) is 3.92. The third-order valence-corrected chi connectivity index (χ3v) is 1.52. The van der Waals surface area contributed by atoms with Gasteiger partial charge in [0, 0.05) is 6.54 Å². The highest BCUT2D eigenvalue weighted by Crippen LogP contribution is 2.16. The summed E-state index contributed by atoms with van der Waals surface area (Å²) in [6, 6.07) is 0. The third-order valence-electron chi connectivity index (χ3n) is 1.52. The first-order valence-corrected chi connectivity index (χ1v) is 3.92. The van der Waals surface area contributed by atoms with Crippen LogP contribution in [0.3, 0.4) is 0 Å². The number of nitrogens with two attached hydrogens (primary N) is 2. The van der Waals surface area contributed by atoms with Gasteiger partial charge in [0.05, 0.1) is 5.56 Å². The smallest absolute Gasteiger partial charge is 0.223 e. The van der Waals surface area contributed by atoms with Crippen LogP contribution in [-0.2, 0) is 0 Å². The molecular formula is C8H11N5O. The lowest BCUT2D eigenvalue weighted by molar-refractivity contribution is 0.112. The predicted octanol–water partition coefficient (Wildman–Crippen LogP) is 0.0514. The number of aldehydes is 1. The van der Waals surface area contributed by atoms with Gasteiger partial charge in [-0.3, -0.25) is 4.79 Å². The molecule has 0 radical (unpaired) electrons. The van der Waals surface area contributed by atoms with Gasteiger partial charge in [0.25, 0.3) is 0 Å². The lowest BCUT2D eigenvalue weighted by Crippen LogP contribution is -2.10. The van der Waals surface area contributed by atoms with Crippen LogP contribution in [0.1, 0.15) is 10.4 Å². The molecule has 0 aromatic carbocycles. The van der Waals surface area contributed by atoms with Gasteiger partial charge in [0.1, 0.15) is 11.6 Å². The molecule has 0 aliphatic rings. The van der Waals surface area contributed by atoms with E-state index in [1.54, 1.807) is 6.08 Å². The number of rotatable bonds is 4. The van der Waals surface area contributed by atoms with Gasteiger partial charge in [-0.05, 0) is 0 Å².